The van der Waals surface area contributed by atoms with Crippen LogP contribution in [0.5, 0.6) is 5.75 Å². The van der Waals surface area contributed by atoms with E-state index in [4.69, 9.17) is 9.84 Å². The van der Waals surface area contributed by atoms with Crippen molar-refractivity contribution in [2.45, 2.75) is 6.61 Å². The largest absolute Gasteiger partial charge is 0.497 e. The molecule has 2 aromatic rings. The number of amides is 1. The summed E-state index contributed by atoms with van der Waals surface area (Å²) in [5.74, 6) is 0.741. The van der Waals surface area contributed by atoms with Gasteiger partial charge in [-0.3, -0.25) is 4.79 Å². The van der Waals surface area contributed by atoms with Gasteiger partial charge in [-0.05, 0) is 30.3 Å². The van der Waals surface area contributed by atoms with E-state index < -0.39 is 0 Å². The number of ether oxygens (including phenoxy) is 1. The minimum Gasteiger partial charge on any atom is -0.497 e. The van der Waals surface area contributed by atoms with E-state index in [0.717, 1.165) is 0 Å². The molecule has 5 heteroatoms. The number of anilines is 1. The molecule has 19 heavy (non-hydrogen) atoms. The average molecular weight is 258 g/mol. The molecule has 98 valence electrons. The topological polar surface area (TPSA) is 71.5 Å². The second-order valence-electron chi connectivity index (χ2n) is 3.86. The Morgan fingerprint density at radius 2 is 2.11 bits per heavy atom. The lowest BCUT2D eigenvalue weighted by Crippen LogP contribution is -2.13. The van der Waals surface area contributed by atoms with Gasteiger partial charge in [0.15, 0.2) is 0 Å². The zero-order valence-corrected chi connectivity index (χ0v) is 10.5. The number of hydrogen-bond acceptors (Lipinski definition) is 4. The van der Waals surface area contributed by atoms with Gasteiger partial charge < -0.3 is 15.2 Å². The maximum Gasteiger partial charge on any atom is 0.256 e. The summed E-state index contributed by atoms with van der Waals surface area (Å²) in [6, 6.07) is 11.9. The van der Waals surface area contributed by atoms with E-state index in [1.807, 2.05) is 0 Å². The third-order valence-electron chi connectivity index (χ3n) is 2.54. The summed E-state index contributed by atoms with van der Waals surface area (Å²) in [5.41, 5.74) is 0.985. The minimum absolute atomic E-state index is 0.164. The summed E-state index contributed by atoms with van der Waals surface area (Å²) in [4.78, 5) is 16.1. The quantitative estimate of drug-likeness (QED) is 0.877. The number of benzene rings is 1. The normalized spacial score (nSPS) is 10.0. The lowest BCUT2D eigenvalue weighted by Gasteiger charge is -2.06. The summed E-state index contributed by atoms with van der Waals surface area (Å²) in [6.07, 6.45) is 0. The number of aliphatic hydroxyl groups excluding tert-OH is 1. The summed E-state index contributed by atoms with van der Waals surface area (Å²) in [5, 5.41) is 11.7. The molecule has 0 unspecified atom stereocenters. The fourth-order valence-corrected chi connectivity index (χ4v) is 1.59. The first kappa shape index (κ1) is 13.0. The molecule has 0 aliphatic carbocycles. The van der Waals surface area contributed by atoms with Crippen LogP contribution < -0.4 is 10.1 Å². The lowest BCUT2D eigenvalue weighted by atomic mass is 10.2. The Kier molecular flexibility index (Phi) is 4.10. The van der Waals surface area contributed by atoms with E-state index in [9.17, 15) is 4.79 Å². The number of hydrogen-bond donors (Lipinski definition) is 2. The molecule has 2 rings (SSSR count). The van der Waals surface area contributed by atoms with Crippen molar-refractivity contribution in [2.24, 2.45) is 0 Å². The van der Waals surface area contributed by atoms with Gasteiger partial charge in [0.05, 0.1) is 19.4 Å². The first-order valence-corrected chi connectivity index (χ1v) is 5.75. The first-order valence-electron chi connectivity index (χ1n) is 5.75. The van der Waals surface area contributed by atoms with Gasteiger partial charge in [-0.2, -0.15) is 0 Å². The number of carbonyl (C=O) groups excluding carboxylic acids is 1. The number of rotatable bonds is 4. The number of aromatic nitrogens is 1. The SMILES string of the molecule is COc1cccc(C(=O)Nc2cccc(CO)n2)c1. The van der Waals surface area contributed by atoms with Crippen LogP contribution in [0.15, 0.2) is 42.5 Å². The maximum atomic E-state index is 12.0. The molecule has 5 nitrogen and oxygen atoms in total. The Morgan fingerprint density at radius 1 is 1.32 bits per heavy atom. The highest BCUT2D eigenvalue weighted by molar-refractivity contribution is 6.03. The highest BCUT2D eigenvalue weighted by Crippen LogP contribution is 2.14. The summed E-state index contributed by atoms with van der Waals surface area (Å²) in [6.45, 7) is -0.164. The number of pyridine rings is 1. The van der Waals surface area contributed by atoms with E-state index in [0.29, 0.717) is 22.8 Å². The van der Waals surface area contributed by atoms with Crippen LogP contribution in [0.4, 0.5) is 5.82 Å². The van der Waals surface area contributed by atoms with Gasteiger partial charge in [0.1, 0.15) is 11.6 Å². The second-order valence-corrected chi connectivity index (χ2v) is 3.86. The fraction of sp³-hybridized carbons (Fsp3) is 0.143. The molecule has 0 fully saturated rings. The molecule has 2 N–H and O–H groups in total. The standard InChI is InChI=1S/C14H14N2O3/c1-19-12-6-2-4-10(8-12)14(18)16-13-7-3-5-11(9-17)15-13/h2-8,17H,9H2,1H3,(H,15,16,18). The van der Waals surface area contributed by atoms with Crippen LogP contribution in [0.1, 0.15) is 16.1 Å². The van der Waals surface area contributed by atoms with Crippen molar-refractivity contribution >= 4 is 11.7 Å². The van der Waals surface area contributed by atoms with Gasteiger partial charge in [-0.25, -0.2) is 4.98 Å². The highest BCUT2D eigenvalue weighted by Gasteiger charge is 2.08. The monoisotopic (exact) mass is 258 g/mol. The zero-order chi connectivity index (χ0) is 13.7. The molecule has 1 heterocycles. The Labute approximate surface area is 110 Å². The van der Waals surface area contributed by atoms with Crippen LogP contribution >= 0.6 is 0 Å². The highest BCUT2D eigenvalue weighted by atomic mass is 16.5. The molecule has 0 saturated heterocycles. The van der Waals surface area contributed by atoms with E-state index in [1.165, 1.54) is 0 Å². The Bertz CT molecular complexity index is 584. The predicted molar refractivity (Wildman–Crippen MR) is 71.1 cm³/mol. The third kappa shape index (κ3) is 3.29. The fourth-order valence-electron chi connectivity index (χ4n) is 1.59. The molecule has 0 aliphatic heterocycles. The van der Waals surface area contributed by atoms with Gasteiger partial charge in [0.25, 0.3) is 5.91 Å². The van der Waals surface area contributed by atoms with Crippen LogP contribution in [-0.4, -0.2) is 23.1 Å². The van der Waals surface area contributed by atoms with Crippen molar-refractivity contribution < 1.29 is 14.6 Å². The summed E-state index contributed by atoms with van der Waals surface area (Å²) < 4.78 is 5.06. The van der Waals surface area contributed by atoms with E-state index >= 15 is 0 Å². The van der Waals surface area contributed by atoms with E-state index in [1.54, 1.807) is 49.6 Å². The Balaban J connectivity index is 2.15. The van der Waals surface area contributed by atoms with E-state index in [2.05, 4.69) is 10.3 Å². The minimum atomic E-state index is -0.276. The molecule has 0 atom stereocenters. The number of nitrogens with zero attached hydrogens (tertiary/aromatic N) is 1. The molecule has 1 amide bonds. The molecule has 0 saturated carbocycles. The molecule has 0 aliphatic rings. The van der Waals surface area contributed by atoms with Crippen molar-refractivity contribution in [1.29, 1.82) is 0 Å². The molecule has 1 aromatic heterocycles. The van der Waals surface area contributed by atoms with Crippen LogP contribution in [0.2, 0.25) is 0 Å². The summed E-state index contributed by atoms with van der Waals surface area (Å²) >= 11 is 0. The first-order chi connectivity index (χ1) is 9.22. The van der Waals surface area contributed by atoms with Gasteiger partial charge in [0, 0.05) is 5.56 Å². The smallest absolute Gasteiger partial charge is 0.256 e. The summed E-state index contributed by atoms with van der Waals surface area (Å²) in [7, 11) is 1.54. The maximum absolute atomic E-state index is 12.0. The van der Waals surface area contributed by atoms with Gasteiger partial charge in [-0.15, -0.1) is 0 Å². The molecular weight excluding hydrogens is 244 g/mol. The van der Waals surface area contributed by atoms with Crippen molar-refractivity contribution in [1.82, 2.24) is 4.98 Å². The Hall–Kier alpha value is -2.40. The third-order valence-corrected chi connectivity index (χ3v) is 2.54. The lowest BCUT2D eigenvalue weighted by molar-refractivity contribution is 0.102. The Morgan fingerprint density at radius 3 is 2.84 bits per heavy atom. The van der Waals surface area contributed by atoms with Gasteiger partial charge in [0.2, 0.25) is 0 Å². The van der Waals surface area contributed by atoms with Crippen molar-refractivity contribution in [3.63, 3.8) is 0 Å². The van der Waals surface area contributed by atoms with Crippen LogP contribution in [0, 0.1) is 0 Å². The van der Waals surface area contributed by atoms with Gasteiger partial charge >= 0.3 is 0 Å². The molecule has 0 spiro atoms. The van der Waals surface area contributed by atoms with Crippen molar-refractivity contribution in [2.75, 3.05) is 12.4 Å². The molecule has 0 radical (unpaired) electrons. The van der Waals surface area contributed by atoms with Crippen molar-refractivity contribution in [3.8, 4) is 5.75 Å². The molecule has 0 bridgehead atoms. The molecular formula is C14H14N2O3. The number of carbonyl (C=O) groups is 1. The number of nitrogens with one attached hydrogen (secondary N) is 1. The average Bonchev–Trinajstić information content (AvgIpc) is 2.47. The van der Waals surface area contributed by atoms with E-state index in [-0.39, 0.29) is 12.5 Å². The van der Waals surface area contributed by atoms with Crippen LogP contribution in [0.25, 0.3) is 0 Å². The zero-order valence-electron chi connectivity index (χ0n) is 10.5. The number of methoxy groups -OCH3 is 1. The van der Waals surface area contributed by atoms with Crippen LogP contribution in [0.3, 0.4) is 0 Å². The van der Waals surface area contributed by atoms with Crippen molar-refractivity contribution in [3.05, 3.63) is 53.7 Å². The van der Waals surface area contributed by atoms with Gasteiger partial charge in [-0.1, -0.05) is 12.1 Å². The predicted octanol–water partition coefficient (Wildman–Crippen LogP) is 1.83. The van der Waals surface area contributed by atoms with Crippen LogP contribution in [-0.2, 0) is 6.61 Å². The number of aliphatic hydroxyl groups is 1. The molecule has 1 aromatic carbocycles. The second kappa shape index (κ2) is 5.97.